The molecule has 5 rings (SSSR count). The normalized spacial score (nSPS) is 32.7. The number of nitrogens with two attached hydrogens (primary N) is 1. The van der Waals surface area contributed by atoms with Crippen molar-refractivity contribution in [3.05, 3.63) is 11.8 Å². The number of amides is 1. The number of hydrogen-bond acceptors (Lipinski definition) is 5. The zero-order valence-electron chi connectivity index (χ0n) is 16.6. The molecule has 0 aromatic carbocycles. The predicted octanol–water partition coefficient (Wildman–Crippen LogP) is 3.85. The van der Waals surface area contributed by atoms with Crippen molar-refractivity contribution < 1.29 is 9.53 Å². The Morgan fingerprint density at radius 1 is 1.22 bits per heavy atom. The van der Waals surface area contributed by atoms with Gasteiger partial charge in [0.05, 0.1) is 0 Å². The van der Waals surface area contributed by atoms with Gasteiger partial charge in [-0.15, -0.1) is 0 Å². The lowest BCUT2D eigenvalue weighted by molar-refractivity contribution is -0.148. The number of primary amides is 1. The van der Waals surface area contributed by atoms with Crippen LogP contribution in [0.4, 0.5) is 0 Å². The van der Waals surface area contributed by atoms with Crippen LogP contribution in [-0.2, 0) is 11.2 Å². The van der Waals surface area contributed by atoms with Crippen LogP contribution in [0.3, 0.4) is 0 Å². The van der Waals surface area contributed by atoms with Gasteiger partial charge in [0, 0.05) is 17.2 Å². The Hall–Kier alpha value is -1.30. The Bertz CT molecular complexity index is 686. The summed E-state index contributed by atoms with van der Waals surface area (Å²) in [5.41, 5.74) is 6.75. The van der Waals surface area contributed by atoms with Crippen molar-refractivity contribution in [3.8, 4) is 5.88 Å². The van der Waals surface area contributed by atoms with Gasteiger partial charge in [-0.25, -0.2) is 4.98 Å². The van der Waals surface area contributed by atoms with E-state index in [-0.39, 0.29) is 11.3 Å². The molecule has 6 heteroatoms. The van der Waals surface area contributed by atoms with Crippen LogP contribution in [0.1, 0.15) is 58.1 Å². The number of nitrogens with zero attached hydrogens (tertiary/aromatic N) is 2. The van der Waals surface area contributed by atoms with E-state index in [1.807, 2.05) is 12.3 Å². The second-order valence-corrected chi connectivity index (χ2v) is 10.2. The van der Waals surface area contributed by atoms with E-state index in [2.05, 4.69) is 23.8 Å². The number of rotatable bonds is 7. The third kappa shape index (κ3) is 3.82. The summed E-state index contributed by atoms with van der Waals surface area (Å²) in [6, 6.07) is 1.90. The lowest BCUT2D eigenvalue weighted by atomic mass is 9.48. The van der Waals surface area contributed by atoms with Crippen LogP contribution in [0.25, 0.3) is 0 Å². The maximum Gasteiger partial charge on any atom is 0.259 e. The van der Waals surface area contributed by atoms with E-state index in [1.54, 1.807) is 0 Å². The molecule has 1 heterocycles. The van der Waals surface area contributed by atoms with Crippen molar-refractivity contribution in [3.63, 3.8) is 0 Å². The number of aromatic nitrogens is 2. The van der Waals surface area contributed by atoms with Crippen LogP contribution in [0.5, 0.6) is 5.88 Å². The van der Waals surface area contributed by atoms with Crippen molar-refractivity contribution in [2.75, 3.05) is 6.26 Å². The molecule has 1 unspecified atom stereocenters. The predicted molar refractivity (Wildman–Crippen MR) is 107 cm³/mol. The molecule has 1 aromatic rings. The van der Waals surface area contributed by atoms with Crippen LogP contribution in [-0.4, -0.2) is 28.2 Å². The topological polar surface area (TPSA) is 78.1 Å². The molecule has 1 amide bonds. The Labute approximate surface area is 166 Å². The third-order valence-electron chi connectivity index (χ3n) is 6.67. The molecule has 4 saturated carbocycles. The Morgan fingerprint density at radius 3 is 2.30 bits per heavy atom. The molecular weight excluding hydrogens is 358 g/mol. The first-order valence-corrected chi connectivity index (χ1v) is 11.5. The number of carbonyl (C=O) groups is 1. The highest BCUT2D eigenvalue weighted by Crippen LogP contribution is 2.61. The van der Waals surface area contributed by atoms with Gasteiger partial charge in [-0.3, -0.25) is 4.79 Å². The maximum absolute atomic E-state index is 12.5. The summed E-state index contributed by atoms with van der Waals surface area (Å²) in [4.78, 5) is 21.6. The van der Waals surface area contributed by atoms with Gasteiger partial charge >= 0.3 is 0 Å². The van der Waals surface area contributed by atoms with E-state index in [0.717, 1.165) is 49.1 Å². The summed E-state index contributed by atoms with van der Waals surface area (Å²) in [7, 11) is 0. The highest BCUT2D eigenvalue weighted by molar-refractivity contribution is 7.98. The van der Waals surface area contributed by atoms with Crippen molar-refractivity contribution in [2.45, 2.75) is 70.1 Å². The monoisotopic (exact) mass is 389 g/mol. The fourth-order valence-electron chi connectivity index (χ4n) is 6.23. The molecule has 4 aliphatic carbocycles. The fraction of sp³-hybridized carbons (Fsp3) is 0.762. The molecule has 148 valence electrons. The van der Waals surface area contributed by atoms with Crippen molar-refractivity contribution in [1.29, 1.82) is 0 Å². The van der Waals surface area contributed by atoms with E-state index >= 15 is 0 Å². The average molecular weight is 390 g/mol. The molecule has 0 radical (unpaired) electrons. The summed E-state index contributed by atoms with van der Waals surface area (Å²) < 4.78 is 6.29. The second-order valence-electron chi connectivity index (χ2n) is 9.46. The maximum atomic E-state index is 12.5. The molecule has 0 spiro atoms. The summed E-state index contributed by atoms with van der Waals surface area (Å²) in [6.45, 7) is 4.34. The Morgan fingerprint density at radius 2 is 1.81 bits per heavy atom. The number of hydrogen-bond donors (Lipinski definition) is 1. The molecule has 4 fully saturated rings. The SMILES string of the molecule is CSc1nc(CC(C)C)cc(OC(C(N)=O)C23CC4CC(CC(C4)C2)C3)n1. The summed E-state index contributed by atoms with van der Waals surface area (Å²) in [6.07, 6.45) is 9.45. The highest BCUT2D eigenvalue weighted by atomic mass is 32.2. The molecule has 0 saturated heterocycles. The minimum atomic E-state index is -0.581. The molecule has 5 nitrogen and oxygen atoms in total. The summed E-state index contributed by atoms with van der Waals surface area (Å²) in [5.74, 6) is 2.88. The van der Waals surface area contributed by atoms with Crippen LogP contribution in [0, 0.1) is 29.1 Å². The molecule has 4 bridgehead atoms. The standard InChI is InChI=1S/C21H31N3O2S/c1-12(2)4-16-8-17(24-20(23-16)27-3)26-18(19(22)25)21-9-13-5-14(10-21)7-15(6-13)11-21/h8,12-15,18H,4-7,9-11H2,1-3H3,(H2,22,25). The van der Waals surface area contributed by atoms with Gasteiger partial charge in [-0.1, -0.05) is 25.6 Å². The van der Waals surface area contributed by atoms with Gasteiger partial charge in [-0.05, 0) is 74.9 Å². The quantitative estimate of drug-likeness (QED) is 0.566. The van der Waals surface area contributed by atoms with E-state index < -0.39 is 6.10 Å². The van der Waals surface area contributed by atoms with Crippen molar-refractivity contribution >= 4 is 17.7 Å². The smallest absolute Gasteiger partial charge is 0.259 e. The average Bonchev–Trinajstić information content (AvgIpc) is 2.57. The first-order valence-electron chi connectivity index (χ1n) is 10.2. The van der Waals surface area contributed by atoms with Gasteiger partial charge in [0.1, 0.15) is 0 Å². The van der Waals surface area contributed by atoms with Crippen LogP contribution < -0.4 is 10.5 Å². The van der Waals surface area contributed by atoms with Gasteiger partial charge in [0.15, 0.2) is 11.3 Å². The van der Waals surface area contributed by atoms with E-state index in [9.17, 15) is 4.79 Å². The molecule has 27 heavy (non-hydrogen) atoms. The molecule has 0 aliphatic heterocycles. The lowest BCUT2D eigenvalue weighted by Gasteiger charge is -2.58. The second kappa shape index (κ2) is 7.26. The zero-order chi connectivity index (χ0) is 19.2. The van der Waals surface area contributed by atoms with Crippen LogP contribution >= 0.6 is 11.8 Å². The molecule has 4 aliphatic rings. The Kier molecular flexibility index (Phi) is 5.12. The summed E-state index contributed by atoms with van der Waals surface area (Å²) >= 11 is 1.50. The third-order valence-corrected chi connectivity index (χ3v) is 7.22. The first kappa shape index (κ1) is 19.0. The largest absolute Gasteiger partial charge is 0.464 e. The number of ether oxygens (including phenoxy) is 1. The minimum Gasteiger partial charge on any atom is -0.464 e. The minimum absolute atomic E-state index is 0.0940. The van der Waals surface area contributed by atoms with Gasteiger partial charge < -0.3 is 10.5 Å². The molecule has 1 atom stereocenters. The highest BCUT2D eigenvalue weighted by Gasteiger charge is 2.56. The Balaban J connectivity index is 1.62. The molecule has 1 aromatic heterocycles. The van der Waals surface area contributed by atoms with Gasteiger partial charge in [0.25, 0.3) is 5.91 Å². The van der Waals surface area contributed by atoms with Crippen LogP contribution in [0.2, 0.25) is 0 Å². The van der Waals surface area contributed by atoms with E-state index in [0.29, 0.717) is 17.0 Å². The molecule has 2 N–H and O–H groups in total. The van der Waals surface area contributed by atoms with Gasteiger partial charge in [-0.2, -0.15) is 4.98 Å². The van der Waals surface area contributed by atoms with Crippen molar-refractivity contribution in [2.24, 2.45) is 34.8 Å². The number of thioether (sulfide) groups is 1. The first-order chi connectivity index (χ1) is 12.9. The van der Waals surface area contributed by atoms with Gasteiger partial charge in [0.2, 0.25) is 5.88 Å². The van der Waals surface area contributed by atoms with Crippen molar-refractivity contribution in [1.82, 2.24) is 9.97 Å². The molecular formula is C21H31N3O2S. The zero-order valence-corrected chi connectivity index (χ0v) is 17.4. The van der Waals surface area contributed by atoms with E-state index in [4.69, 9.17) is 10.5 Å². The van der Waals surface area contributed by atoms with Crippen LogP contribution in [0.15, 0.2) is 11.2 Å². The number of carbonyl (C=O) groups excluding carboxylic acids is 1. The summed E-state index contributed by atoms with van der Waals surface area (Å²) in [5, 5.41) is 0.692. The van der Waals surface area contributed by atoms with E-state index in [1.165, 1.54) is 31.0 Å². The lowest BCUT2D eigenvalue weighted by Crippen LogP contribution is -2.57. The fourth-order valence-corrected chi connectivity index (χ4v) is 6.62.